The first-order chi connectivity index (χ1) is 17.5. The SMILES string of the molecule is Cc1ccc(-n2nc(-c3cccn3C)cc2C(=O)N2CCN(C/C=C/c3ccccc3)CC2)c(C)c1. The molecule has 184 valence electrons. The summed E-state index contributed by atoms with van der Waals surface area (Å²) < 4.78 is 3.86. The number of rotatable bonds is 6. The van der Waals surface area contributed by atoms with E-state index in [1.54, 1.807) is 0 Å². The van der Waals surface area contributed by atoms with Crippen LogP contribution in [0.2, 0.25) is 0 Å². The number of aromatic nitrogens is 3. The van der Waals surface area contributed by atoms with Gasteiger partial charge in [0, 0.05) is 46.0 Å². The summed E-state index contributed by atoms with van der Waals surface area (Å²) in [6, 6.07) is 22.6. The molecule has 1 fully saturated rings. The van der Waals surface area contributed by atoms with Gasteiger partial charge in [-0.15, -0.1) is 0 Å². The molecule has 0 spiro atoms. The third-order valence-corrected chi connectivity index (χ3v) is 6.85. The number of hydrogen-bond donors (Lipinski definition) is 0. The van der Waals surface area contributed by atoms with E-state index < -0.39 is 0 Å². The molecule has 2 aromatic heterocycles. The molecule has 1 aliphatic heterocycles. The van der Waals surface area contributed by atoms with E-state index in [1.165, 1.54) is 11.1 Å². The van der Waals surface area contributed by atoms with Crippen molar-refractivity contribution in [2.45, 2.75) is 13.8 Å². The topological polar surface area (TPSA) is 46.3 Å². The molecular formula is C30H33N5O. The average molecular weight is 480 g/mol. The van der Waals surface area contributed by atoms with Crippen LogP contribution in [0.15, 0.2) is 79.0 Å². The third kappa shape index (κ3) is 5.04. The fourth-order valence-electron chi connectivity index (χ4n) is 4.81. The first-order valence-electron chi connectivity index (χ1n) is 12.5. The van der Waals surface area contributed by atoms with E-state index in [4.69, 9.17) is 5.10 Å². The molecule has 6 heteroatoms. The predicted octanol–water partition coefficient (Wildman–Crippen LogP) is 4.97. The Morgan fingerprint density at radius 3 is 2.42 bits per heavy atom. The molecule has 6 nitrogen and oxygen atoms in total. The van der Waals surface area contributed by atoms with Crippen molar-refractivity contribution in [1.82, 2.24) is 24.1 Å². The molecule has 0 saturated carbocycles. The minimum Gasteiger partial charge on any atom is -0.349 e. The van der Waals surface area contributed by atoms with Gasteiger partial charge >= 0.3 is 0 Å². The van der Waals surface area contributed by atoms with Gasteiger partial charge in [0.15, 0.2) is 0 Å². The van der Waals surface area contributed by atoms with E-state index in [9.17, 15) is 4.79 Å². The molecule has 0 N–H and O–H groups in total. The lowest BCUT2D eigenvalue weighted by molar-refractivity contribution is 0.0641. The van der Waals surface area contributed by atoms with Gasteiger partial charge in [-0.1, -0.05) is 60.2 Å². The average Bonchev–Trinajstić information content (AvgIpc) is 3.51. The number of benzene rings is 2. The van der Waals surface area contributed by atoms with Crippen LogP contribution in [-0.2, 0) is 7.05 Å². The first kappa shape index (κ1) is 23.8. The summed E-state index contributed by atoms with van der Waals surface area (Å²) in [4.78, 5) is 18.1. The third-order valence-electron chi connectivity index (χ3n) is 6.85. The fourth-order valence-corrected chi connectivity index (χ4v) is 4.81. The molecule has 4 aromatic rings. The quantitative estimate of drug-likeness (QED) is 0.392. The zero-order valence-electron chi connectivity index (χ0n) is 21.3. The summed E-state index contributed by atoms with van der Waals surface area (Å²) in [5.74, 6) is 0.0300. The smallest absolute Gasteiger partial charge is 0.272 e. The number of carbonyl (C=O) groups is 1. The van der Waals surface area contributed by atoms with Crippen LogP contribution >= 0.6 is 0 Å². The molecule has 1 aliphatic rings. The van der Waals surface area contributed by atoms with Crippen molar-refractivity contribution in [2.24, 2.45) is 7.05 Å². The lowest BCUT2D eigenvalue weighted by Crippen LogP contribution is -2.49. The molecule has 36 heavy (non-hydrogen) atoms. The highest BCUT2D eigenvalue weighted by atomic mass is 16.2. The Kier molecular flexibility index (Phi) is 6.87. The molecule has 0 atom stereocenters. The molecule has 0 unspecified atom stereocenters. The maximum absolute atomic E-state index is 13.8. The summed E-state index contributed by atoms with van der Waals surface area (Å²) in [5, 5.41) is 4.90. The number of piperazine rings is 1. The number of hydrogen-bond acceptors (Lipinski definition) is 3. The van der Waals surface area contributed by atoms with Crippen LogP contribution in [0.25, 0.3) is 23.2 Å². The monoisotopic (exact) mass is 479 g/mol. The van der Waals surface area contributed by atoms with Crippen molar-refractivity contribution in [3.8, 4) is 17.1 Å². The van der Waals surface area contributed by atoms with Gasteiger partial charge in [-0.2, -0.15) is 5.10 Å². The molecule has 1 amide bonds. The second-order valence-electron chi connectivity index (χ2n) is 9.53. The Morgan fingerprint density at radius 2 is 1.72 bits per heavy atom. The van der Waals surface area contributed by atoms with Crippen molar-refractivity contribution >= 4 is 12.0 Å². The van der Waals surface area contributed by atoms with Crippen LogP contribution in [0.1, 0.15) is 27.2 Å². The van der Waals surface area contributed by atoms with Crippen LogP contribution < -0.4 is 0 Å². The minimum absolute atomic E-state index is 0.0300. The zero-order chi connectivity index (χ0) is 25.1. The number of carbonyl (C=O) groups excluding carboxylic acids is 1. The van der Waals surface area contributed by atoms with Gasteiger partial charge in [0.05, 0.1) is 11.4 Å². The summed E-state index contributed by atoms with van der Waals surface area (Å²) >= 11 is 0. The van der Waals surface area contributed by atoms with E-state index in [2.05, 4.69) is 73.4 Å². The van der Waals surface area contributed by atoms with Crippen LogP contribution in [0, 0.1) is 13.8 Å². The lowest BCUT2D eigenvalue weighted by atomic mass is 10.1. The lowest BCUT2D eigenvalue weighted by Gasteiger charge is -2.34. The van der Waals surface area contributed by atoms with Gasteiger partial charge in [0.25, 0.3) is 5.91 Å². The van der Waals surface area contributed by atoms with E-state index in [-0.39, 0.29) is 5.91 Å². The van der Waals surface area contributed by atoms with Gasteiger partial charge in [0.2, 0.25) is 0 Å². The van der Waals surface area contributed by atoms with Crippen LogP contribution in [0.4, 0.5) is 0 Å². The van der Waals surface area contributed by atoms with Crippen LogP contribution in [0.5, 0.6) is 0 Å². The van der Waals surface area contributed by atoms with Crippen LogP contribution in [-0.4, -0.2) is 62.8 Å². The predicted molar refractivity (Wildman–Crippen MR) is 145 cm³/mol. The van der Waals surface area contributed by atoms with Crippen molar-refractivity contribution in [3.05, 3.63) is 101 Å². The van der Waals surface area contributed by atoms with Crippen molar-refractivity contribution in [2.75, 3.05) is 32.7 Å². The summed E-state index contributed by atoms with van der Waals surface area (Å²) in [7, 11) is 2.00. The maximum atomic E-state index is 13.8. The Labute approximate surface area is 213 Å². The highest BCUT2D eigenvalue weighted by Crippen LogP contribution is 2.25. The molecule has 2 aromatic carbocycles. The normalized spacial score (nSPS) is 14.6. The van der Waals surface area contributed by atoms with E-state index in [1.807, 2.05) is 51.7 Å². The van der Waals surface area contributed by atoms with E-state index in [0.717, 1.165) is 42.3 Å². The first-order valence-corrected chi connectivity index (χ1v) is 12.5. The molecule has 0 aliphatic carbocycles. The summed E-state index contributed by atoms with van der Waals surface area (Å²) in [6.45, 7) is 8.15. The molecule has 3 heterocycles. The Hall–Kier alpha value is -3.90. The second kappa shape index (κ2) is 10.4. The Balaban J connectivity index is 1.34. The van der Waals surface area contributed by atoms with Gasteiger partial charge < -0.3 is 9.47 Å². The van der Waals surface area contributed by atoms with Crippen LogP contribution in [0.3, 0.4) is 0 Å². The Morgan fingerprint density at radius 1 is 0.944 bits per heavy atom. The van der Waals surface area contributed by atoms with Gasteiger partial charge in [-0.3, -0.25) is 9.69 Å². The fraction of sp³-hybridized carbons (Fsp3) is 0.267. The van der Waals surface area contributed by atoms with Crippen molar-refractivity contribution in [3.63, 3.8) is 0 Å². The van der Waals surface area contributed by atoms with E-state index in [0.29, 0.717) is 18.8 Å². The summed E-state index contributed by atoms with van der Waals surface area (Å²) in [5.41, 5.74) is 6.83. The van der Waals surface area contributed by atoms with Crippen molar-refractivity contribution in [1.29, 1.82) is 0 Å². The van der Waals surface area contributed by atoms with Gasteiger partial charge in [-0.25, -0.2) is 4.68 Å². The van der Waals surface area contributed by atoms with Gasteiger partial charge in [0.1, 0.15) is 11.4 Å². The molecule has 0 radical (unpaired) electrons. The zero-order valence-corrected chi connectivity index (χ0v) is 21.3. The highest BCUT2D eigenvalue weighted by Gasteiger charge is 2.26. The second-order valence-corrected chi connectivity index (χ2v) is 9.53. The number of nitrogens with zero attached hydrogens (tertiary/aromatic N) is 5. The standard InChI is InChI=1S/C30H33N5O/c1-23-13-14-27(24(2)21-23)35-29(22-26(31-35)28-12-8-15-32(28)3)30(36)34-19-17-33(18-20-34)16-7-11-25-9-5-4-6-10-25/h4-15,21-22H,16-20H2,1-3H3/b11-7+. The molecule has 0 bridgehead atoms. The summed E-state index contributed by atoms with van der Waals surface area (Å²) in [6.07, 6.45) is 6.36. The number of aryl methyl sites for hydroxylation is 3. The van der Waals surface area contributed by atoms with E-state index >= 15 is 0 Å². The molecule has 5 rings (SSSR count). The minimum atomic E-state index is 0.0300. The molecule has 1 saturated heterocycles. The Bertz CT molecular complexity index is 1370. The van der Waals surface area contributed by atoms with Crippen molar-refractivity contribution < 1.29 is 4.79 Å². The highest BCUT2D eigenvalue weighted by molar-refractivity contribution is 5.94. The molecular weight excluding hydrogens is 446 g/mol. The number of amides is 1. The largest absolute Gasteiger partial charge is 0.349 e. The maximum Gasteiger partial charge on any atom is 0.272 e. The van der Waals surface area contributed by atoms with Gasteiger partial charge in [-0.05, 0) is 49.2 Å².